The minimum atomic E-state index is -3.94. The van der Waals surface area contributed by atoms with Crippen molar-refractivity contribution in [2.24, 2.45) is 5.92 Å². The van der Waals surface area contributed by atoms with Crippen molar-refractivity contribution in [2.75, 3.05) is 7.11 Å². The molecule has 9 heteroatoms. The summed E-state index contributed by atoms with van der Waals surface area (Å²) in [6, 6.07) is 11.9. The molecule has 0 unspecified atom stereocenters. The van der Waals surface area contributed by atoms with Gasteiger partial charge in [0.2, 0.25) is 0 Å². The van der Waals surface area contributed by atoms with Crippen molar-refractivity contribution in [3.8, 4) is 16.9 Å². The van der Waals surface area contributed by atoms with Crippen LogP contribution in [0.2, 0.25) is 0 Å². The van der Waals surface area contributed by atoms with Gasteiger partial charge in [-0.2, -0.15) is 5.10 Å². The summed E-state index contributed by atoms with van der Waals surface area (Å²) in [5, 5.41) is 14.2. The van der Waals surface area contributed by atoms with Gasteiger partial charge in [0.05, 0.1) is 23.7 Å². The number of nitrogens with zero attached hydrogens (tertiary/aromatic N) is 3. The van der Waals surface area contributed by atoms with Crippen LogP contribution in [0.15, 0.2) is 66.0 Å². The number of carboxylic acids is 1. The van der Waals surface area contributed by atoms with Crippen molar-refractivity contribution in [3.05, 3.63) is 66.6 Å². The molecule has 0 atom stereocenters. The lowest BCUT2D eigenvalue weighted by Gasteiger charge is -2.09. The molecule has 0 aliphatic heterocycles. The molecule has 2 aromatic heterocycles. The third-order valence-corrected chi connectivity index (χ3v) is 7.25. The van der Waals surface area contributed by atoms with Gasteiger partial charge in [-0.15, -0.1) is 0 Å². The molecule has 1 N–H and O–H groups in total. The molecular weight excluding hydrogens is 454 g/mol. The number of fused-ring (bicyclic) bond motifs is 1. The van der Waals surface area contributed by atoms with Crippen LogP contribution >= 0.6 is 0 Å². The zero-order valence-corrected chi connectivity index (χ0v) is 20.1. The largest absolute Gasteiger partial charge is 0.497 e. The molecule has 0 saturated heterocycles. The minimum absolute atomic E-state index is 0.105. The summed E-state index contributed by atoms with van der Waals surface area (Å²) in [5.41, 5.74) is 2.68. The average Bonchev–Trinajstić information content (AvgIpc) is 3.42. The monoisotopic (exact) mass is 481 g/mol. The second kappa shape index (κ2) is 9.34. The fraction of sp³-hybridized carbons (Fsp3) is 0.280. The average molecular weight is 482 g/mol. The van der Waals surface area contributed by atoms with E-state index in [0.29, 0.717) is 28.1 Å². The molecule has 0 bridgehead atoms. The molecule has 2 aromatic carbocycles. The van der Waals surface area contributed by atoms with E-state index in [1.165, 1.54) is 17.3 Å². The number of carboxylic acid groups (broad SMARTS) is 1. The highest BCUT2D eigenvalue weighted by Gasteiger charge is 2.22. The van der Waals surface area contributed by atoms with Gasteiger partial charge in [0.15, 0.2) is 0 Å². The molecule has 0 amide bonds. The Bertz CT molecular complexity index is 1450. The number of hydrogen-bond donors (Lipinski definition) is 1. The molecule has 0 aliphatic carbocycles. The molecular formula is C25H27N3O5S. The summed E-state index contributed by atoms with van der Waals surface area (Å²) in [6.07, 6.45) is 5.25. The third kappa shape index (κ3) is 4.70. The molecule has 0 spiro atoms. The minimum Gasteiger partial charge on any atom is -0.497 e. The maximum atomic E-state index is 13.7. The van der Waals surface area contributed by atoms with Gasteiger partial charge in [-0.05, 0) is 53.8 Å². The highest BCUT2D eigenvalue weighted by Crippen LogP contribution is 2.31. The van der Waals surface area contributed by atoms with Crippen molar-refractivity contribution in [1.29, 1.82) is 0 Å². The standard InChI is InChI=1S/C25H27N3O5S/c1-17(2)14-27-15-20(13-26-27)18-5-4-6-22(11-18)34(31,32)28-16-19(7-10-25(29)30)23-12-21(33-3)8-9-24(23)28/h4-6,8-9,11-13,15-17H,7,10,14H2,1-3H3,(H,29,30). The summed E-state index contributed by atoms with van der Waals surface area (Å²) < 4.78 is 35.7. The van der Waals surface area contributed by atoms with E-state index >= 15 is 0 Å². The second-order valence-corrected chi connectivity index (χ2v) is 10.4. The van der Waals surface area contributed by atoms with Crippen LogP contribution in [0.25, 0.3) is 22.0 Å². The van der Waals surface area contributed by atoms with E-state index in [4.69, 9.17) is 9.84 Å². The summed E-state index contributed by atoms with van der Waals surface area (Å²) in [6.45, 7) is 4.99. The third-order valence-electron chi connectivity index (χ3n) is 5.58. The van der Waals surface area contributed by atoms with Crippen LogP contribution < -0.4 is 4.74 Å². The Morgan fingerprint density at radius 3 is 2.62 bits per heavy atom. The Kier molecular flexibility index (Phi) is 6.47. The van der Waals surface area contributed by atoms with Gasteiger partial charge in [-0.1, -0.05) is 26.0 Å². The van der Waals surface area contributed by atoms with Crippen molar-refractivity contribution >= 4 is 26.9 Å². The smallest absolute Gasteiger partial charge is 0.303 e. The van der Waals surface area contributed by atoms with Crippen LogP contribution in [0.3, 0.4) is 0 Å². The van der Waals surface area contributed by atoms with E-state index in [0.717, 1.165) is 17.7 Å². The van der Waals surface area contributed by atoms with Crippen LogP contribution in [0.1, 0.15) is 25.8 Å². The lowest BCUT2D eigenvalue weighted by atomic mass is 10.1. The first-order valence-corrected chi connectivity index (χ1v) is 12.4. The van der Waals surface area contributed by atoms with Gasteiger partial charge in [0.25, 0.3) is 10.0 Å². The molecule has 8 nitrogen and oxygen atoms in total. The fourth-order valence-corrected chi connectivity index (χ4v) is 5.39. The van der Waals surface area contributed by atoms with E-state index in [-0.39, 0.29) is 17.7 Å². The quantitative estimate of drug-likeness (QED) is 0.379. The van der Waals surface area contributed by atoms with Crippen molar-refractivity contribution in [2.45, 2.75) is 38.1 Å². The molecule has 0 saturated carbocycles. The van der Waals surface area contributed by atoms with Crippen LogP contribution in [0.4, 0.5) is 0 Å². The van der Waals surface area contributed by atoms with Gasteiger partial charge in [0.1, 0.15) is 5.75 Å². The van der Waals surface area contributed by atoms with Gasteiger partial charge >= 0.3 is 5.97 Å². The van der Waals surface area contributed by atoms with E-state index < -0.39 is 16.0 Å². The highest BCUT2D eigenvalue weighted by molar-refractivity contribution is 7.90. The predicted molar refractivity (Wildman–Crippen MR) is 130 cm³/mol. The number of aryl methyl sites for hydroxylation is 1. The van der Waals surface area contributed by atoms with E-state index in [1.54, 1.807) is 42.6 Å². The zero-order valence-electron chi connectivity index (χ0n) is 19.3. The summed E-state index contributed by atoms with van der Waals surface area (Å²) in [7, 11) is -2.42. The van der Waals surface area contributed by atoms with Crippen molar-refractivity contribution in [1.82, 2.24) is 13.8 Å². The Morgan fingerprint density at radius 1 is 1.12 bits per heavy atom. The molecule has 178 valence electrons. The maximum absolute atomic E-state index is 13.7. The number of rotatable bonds is 9. The number of carbonyl (C=O) groups is 1. The molecule has 0 fully saturated rings. The Hall–Kier alpha value is -3.59. The van der Waals surface area contributed by atoms with Gasteiger partial charge in [0, 0.05) is 36.3 Å². The first kappa shape index (κ1) is 23.6. The molecule has 0 aliphatic rings. The Balaban J connectivity index is 1.77. The molecule has 34 heavy (non-hydrogen) atoms. The number of hydrogen-bond acceptors (Lipinski definition) is 5. The number of ether oxygens (including phenoxy) is 1. The van der Waals surface area contributed by atoms with Crippen LogP contribution in [0, 0.1) is 5.92 Å². The number of aromatic nitrogens is 3. The normalized spacial score (nSPS) is 11.9. The van der Waals surface area contributed by atoms with Gasteiger partial charge < -0.3 is 9.84 Å². The van der Waals surface area contributed by atoms with Crippen LogP contribution in [-0.4, -0.2) is 40.4 Å². The predicted octanol–water partition coefficient (Wildman–Crippen LogP) is 4.42. The topological polar surface area (TPSA) is 103 Å². The van der Waals surface area contributed by atoms with Gasteiger partial charge in [-0.3, -0.25) is 9.48 Å². The zero-order chi connectivity index (χ0) is 24.5. The van der Waals surface area contributed by atoms with Crippen molar-refractivity contribution < 1.29 is 23.1 Å². The highest BCUT2D eigenvalue weighted by atomic mass is 32.2. The summed E-state index contributed by atoms with van der Waals surface area (Å²) in [5.74, 6) is 0.0624. The Morgan fingerprint density at radius 2 is 1.91 bits per heavy atom. The van der Waals surface area contributed by atoms with Crippen molar-refractivity contribution in [3.63, 3.8) is 0 Å². The summed E-state index contributed by atoms with van der Waals surface area (Å²) >= 11 is 0. The second-order valence-electron chi connectivity index (χ2n) is 8.60. The number of benzene rings is 2. The first-order valence-electron chi connectivity index (χ1n) is 11.0. The fourth-order valence-electron chi connectivity index (χ4n) is 3.95. The van der Waals surface area contributed by atoms with Gasteiger partial charge in [-0.25, -0.2) is 12.4 Å². The maximum Gasteiger partial charge on any atom is 0.303 e. The molecule has 4 aromatic rings. The molecule has 2 heterocycles. The van der Waals surface area contributed by atoms with E-state index in [2.05, 4.69) is 18.9 Å². The van der Waals surface area contributed by atoms with Crippen LogP contribution in [0.5, 0.6) is 5.75 Å². The first-order chi connectivity index (χ1) is 16.2. The van der Waals surface area contributed by atoms with E-state index in [9.17, 15) is 13.2 Å². The number of aliphatic carboxylic acids is 1. The summed E-state index contributed by atoms with van der Waals surface area (Å²) in [4.78, 5) is 11.3. The van der Waals surface area contributed by atoms with Crippen LogP contribution in [-0.2, 0) is 27.8 Å². The lowest BCUT2D eigenvalue weighted by Crippen LogP contribution is -2.12. The Labute approximate surface area is 198 Å². The van der Waals surface area contributed by atoms with E-state index in [1.807, 2.05) is 16.9 Å². The molecule has 4 rings (SSSR count). The lowest BCUT2D eigenvalue weighted by molar-refractivity contribution is -0.136. The molecule has 0 radical (unpaired) electrons. The SMILES string of the molecule is COc1ccc2c(c1)c(CCC(=O)O)cn2S(=O)(=O)c1cccc(-c2cnn(CC(C)C)c2)c1. The number of methoxy groups -OCH3 is 1.